The van der Waals surface area contributed by atoms with E-state index in [-0.39, 0.29) is 18.6 Å². The Hall–Kier alpha value is -2.09. The molecule has 2 rings (SSSR count). The van der Waals surface area contributed by atoms with E-state index >= 15 is 0 Å². The molecule has 23 heavy (non-hydrogen) atoms. The van der Waals surface area contributed by atoms with Crippen molar-refractivity contribution in [1.82, 2.24) is 5.32 Å². The molecule has 1 aliphatic rings. The van der Waals surface area contributed by atoms with Crippen LogP contribution >= 0.6 is 0 Å². The highest BCUT2D eigenvalue weighted by atomic mass is 19.4. The number of halogens is 3. The molecule has 126 valence electrons. The van der Waals surface area contributed by atoms with Gasteiger partial charge in [0.25, 0.3) is 0 Å². The summed E-state index contributed by atoms with van der Waals surface area (Å²) < 4.78 is 44.0. The van der Waals surface area contributed by atoms with Gasteiger partial charge in [0.2, 0.25) is 11.8 Å². The molecular weight excluding hydrogens is 313 g/mol. The van der Waals surface area contributed by atoms with Gasteiger partial charge in [-0.3, -0.25) is 9.59 Å². The third-order valence-corrected chi connectivity index (χ3v) is 3.71. The molecular formula is C15H17F3N2O3. The number of carbonyl (C=O) groups is 2. The van der Waals surface area contributed by atoms with E-state index < -0.39 is 35.5 Å². The number of nitrogens with two attached hydrogens (primary N) is 1. The van der Waals surface area contributed by atoms with Crippen LogP contribution in [0.4, 0.5) is 13.2 Å². The van der Waals surface area contributed by atoms with Crippen molar-refractivity contribution >= 4 is 11.8 Å². The molecule has 0 radical (unpaired) electrons. The molecule has 3 N–H and O–H groups in total. The third-order valence-electron chi connectivity index (χ3n) is 3.71. The van der Waals surface area contributed by atoms with Gasteiger partial charge >= 0.3 is 6.18 Å². The minimum atomic E-state index is -4.54. The van der Waals surface area contributed by atoms with Crippen molar-refractivity contribution < 1.29 is 27.5 Å². The molecule has 0 saturated carbocycles. The Morgan fingerprint density at radius 2 is 2.04 bits per heavy atom. The minimum absolute atomic E-state index is 0.0910. The number of rotatable bonds is 5. The van der Waals surface area contributed by atoms with Crippen LogP contribution in [0, 0.1) is 5.92 Å². The lowest BCUT2D eigenvalue weighted by Crippen LogP contribution is -2.48. The smallest absolute Gasteiger partial charge is 0.381 e. The molecule has 2 atom stereocenters. The molecule has 1 saturated heterocycles. The number of hydrogen-bond donors (Lipinski definition) is 2. The predicted molar refractivity (Wildman–Crippen MR) is 75.2 cm³/mol. The van der Waals surface area contributed by atoms with Gasteiger partial charge in [0.15, 0.2) is 0 Å². The van der Waals surface area contributed by atoms with Crippen LogP contribution < -0.4 is 11.1 Å². The maximum Gasteiger partial charge on any atom is 0.416 e. The molecule has 0 aliphatic carbocycles. The molecule has 2 amide bonds. The summed E-state index contributed by atoms with van der Waals surface area (Å²) in [5.41, 5.74) is 4.29. The Morgan fingerprint density at radius 1 is 1.35 bits per heavy atom. The first-order chi connectivity index (χ1) is 10.8. The van der Waals surface area contributed by atoms with Gasteiger partial charge in [-0.2, -0.15) is 13.2 Å². The SMILES string of the molecule is NC(=O)[C@H](Cc1ccccc1C(F)(F)F)NC(=O)[C@H]1CCOC1. The largest absolute Gasteiger partial charge is 0.416 e. The Labute approximate surface area is 131 Å². The molecule has 0 bridgehead atoms. The zero-order valence-corrected chi connectivity index (χ0v) is 12.2. The first kappa shape index (κ1) is 17.3. The highest BCUT2D eigenvalue weighted by Gasteiger charge is 2.34. The summed E-state index contributed by atoms with van der Waals surface area (Å²) in [6.07, 6.45) is -4.34. The lowest BCUT2D eigenvalue weighted by Gasteiger charge is -2.20. The summed E-state index contributed by atoms with van der Waals surface area (Å²) in [4.78, 5) is 23.5. The summed E-state index contributed by atoms with van der Waals surface area (Å²) in [6, 6.07) is 3.70. The molecule has 1 fully saturated rings. The molecule has 5 nitrogen and oxygen atoms in total. The number of nitrogens with one attached hydrogen (secondary N) is 1. The number of primary amides is 1. The second-order valence-electron chi connectivity index (χ2n) is 5.38. The van der Waals surface area contributed by atoms with E-state index in [2.05, 4.69) is 5.32 Å². The summed E-state index contributed by atoms with van der Waals surface area (Å²) >= 11 is 0. The second kappa shape index (κ2) is 6.99. The van der Waals surface area contributed by atoms with Crippen LogP contribution in [0.1, 0.15) is 17.5 Å². The Bertz CT molecular complexity index is 584. The zero-order chi connectivity index (χ0) is 17.0. The first-order valence-electron chi connectivity index (χ1n) is 7.11. The molecule has 1 aliphatic heterocycles. The molecule has 0 aromatic heterocycles. The van der Waals surface area contributed by atoms with Crippen LogP contribution in [-0.4, -0.2) is 31.1 Å². The fraction of sp³-hybridized carbons (Fsp3) is 0.467. The van der Waals surface area contributed by atoms with Gasteiger partial charge in [0.1, 0.15) is 6.04 Å². The fourth-order valence-electron chi connectivity index (χ4n) is 2.45. The molecule has 0 unspecified atom stereocenters. The number of amides is 2. The van der Waals surface area contributed by atoms with Crippen LogP contribution in [-0.2, 0) is 26.9 Å². The summed E-state index contributed by atoms with van der Waals surface area (Å²) in [5, 5.41) is 2.42. The quantitative estimate of drug-likeness (QED) is 0.853. The van der Waals surface area contributed by atoms with Gasteiger partial charge in [-0.25, -0.2) is 0 Å². The molecule has 1 aromatic rings. The Balaban J connectivity index is 2.14. The normalized spacial score (nSPS) is 19.3. The van der Waals surface area contributed by atoms with E-state index in [0.29, 0.717) is 13.0 Å². The van der Waals surface area contributed by atoms with Crippen molar-refractivity contribution in [2.24, 2.45) is 11.7 Å². The zero-order valence-electron chi connectivity index (χ0n) is 12.2. The topological polar surface area (TPSA) is 81.4 Å². The van der Waals surface area contributed by atoms with E-state index in [1.54, 1.807) is 0 Å². The number of alkyl halides is 3. The summed E-state index contributed by atoms with van der Waals surface area (Å²) in [7, 11) is 0. The van der Waals surface area contributed by atoms with Crippen molar-refractivity contribution in [3.8, 4) is 0 Å². The third kappa shape index (κ3) is 4.44. The van der Waals surface area contributed by atoms with Crippen molar-refractivity contribution in [3.05, 3.63) is 35.4 Å². The highest BCUT2D eigenvalue weighted by Crippen LogP contribution is 2.32. The molecule has 1 heterocycles. The first-order valence-corrected chi connectivity index (χ1v) is 7.11. The van der Waals surface area contributed by atoms with E-state index in [1.165, 1.54) is 18.2 Å². The lowest BCUT2D eigenvalue weighted by molar-refractivity contribution is -0.138. The van der Waals surface area contributed by atoms with Gasteiger partial charge in [-0.05, 0) is 18.1 Å². The molecule has 0 spiro atoms. The van der Waals surface area contributed by atoms with Crippen LogP contribution in [0.25, 0.3) is 0 Å². The van der Waals surface area contributed by atoms with Crippen molar-refractivity contribution in [2.75, 3.05) is 13.2 Å². The maximum absolute atomic E-state index is 13.0. The number of ether oxygens (including phenoxy) is 1. The summed E-state index contributed by atoms with van der Waals surface area (Å²) in [6.45, 7) is 0.673. The summed E-state index contributed by atoms with van der Waals surface area (Å²) in [5.74, 6) is -1.72. The van der Waals surface area contributed by atoms with Gasteiger partial charge < -0.3 is 15.8 Å². The van der Waals surface area contributed by atoms with E-state index in [4.69, 9.17) is 10.5 Å². The number of benzene rings is 1. The number of hydrogen-bond acceptors (Lipinski definition) is 3. The predicted octanol–water partition coefficient (Wildman–Crippen LogP) is 1.25. The van der Waals surface area contributed by atoms with E-state index in [9.17, 15) is 22.8 Å². The molecule has 8 heteroatoms. The van der Waals surface area contributed by atoms with Gasteiger partial charge in [0.05, 0.1) is 18.1 Å². The van der Waals surface area contributed by atoms with Crippen molar-refractivity contribution in [1.29, 1.82) is 0 Å². The van der Waals surface area contributed by atoms with Gasteiger partial charge in [-0.1, -0.05) is 18.2 Å². The van der Waals surface area contributed by atoms with Crippen LogP contribution in [0.3, 0.4) is 0 Å². The van der Waals surface area contributed by atoms with E-state index in [1.807, 2.05) is 0 Å². The highest BCUT2D eigenvalue weighted by molar-refractivity contribution is 5.88. The van der Waals surface area contributed by atoms with Gasteiger partial charge in [0, 0.05) is 13.0 Å². The van der Waals surface area contributed by atoms with Crippen molar-refractivity contribution in [2.45, 2.75) is 25.1 Å². The minimum Gasteiger partial charge on any atom is -0.381 e. The van der Waals surface area contributed by atoms with Crippen LogP contribution in [0.15, 0.2) is 24.3 Å². The maximum atomic E-state index is 13.0. The van der Waals surface area contributed by atoms with Crippen LogP contribution in [0.5, 0.6) is 0 Å². The van der Waals surface area contributed by atoms with Crippen LogP contribution in [0.2, 0.25) is 0 Å². The Morgan fingerprint density at radius 3 is 2.61 bits per heavy atom. The Kier molecular flexibility index (Phi) is 5.25. The average molecular weight is 330 g/mol. The average Bonchev–Trinajstić information content (AvgIpc) is 3.00. The van der Waals surface area contributed by atoms with Gasteiger partial charge in [-0.15, -0.1) is 0 Å². The van der Waals surface area contributed by atoms with Crippen molar-refractivity contribution in [3.63, 3.8) is 0 Å². The second-order valence-corrected chi connectivity index (χ2v) is 5.38. The van der Waals surface area contributed by atoms with E-state index in [0.717, 1.165) is 6.07 Å². The molecule has 1 aromatic carbocycles. The fourth-order valence-corrected chi connectivity index (χ4v) is 2.45. The lowest BCUT2D eigenvalue weighted by atomic mass is 9.98. The standard InChI is InChI=1S/C15H17F3N2O3/c16-15(17,18)11-4-2-1-3-9(11)7-12(13(19)21)20-14(22)10-5-6-23-8-10/h1-4,10,12H,5-8H2,(H2,19,21)(H,20,22)/t10-,12-/m0/s1. The monoisotopic (exact) mass is 330 g/mol. The number of carbonyl (C=O) groups excluding carboxylic acids is 2.